The number of nitrogens with zero attached hydrogens (tertiary/aromatic N) is 1. The van der Waals surface area contributed by atoms with Gasteiger partial charge in [-0.15, -0.1) is 0 Å². The summed E-state index contributed by atoms with van der Waals surface area (Å²) in [6.07, 6.45) is 7.62. The lowest BCUT2D eigenvalue weighted by molar-refractivity contribution is -0.133. The highest BCUT2D eigenvalue weighted by Crippen LogP contribution is 2.36. The van der Waals surface area contributed by atoms with Gasteiger partial charge in [-0.05, 0) is 31.6 Å². The summed E-state index contributed by atoms with van der Waals surface area (Å²) in [4.78, 5) is 24.7. The van der Waals surface area contributed by atoms with Gasteiger partial charge in [-0.1, -0.05) is 19.3 Å². The lowest BCUT2D eigenvalue weighted by Gasteiger charge is -2.24. The first kappa shape index (κ1) is 11.4. The highest BCUT2D eigenvalue weighted by atomic mass is 16.2. The van der Waals surface area contributed by atoms with Crippen molar-refractivity contribution in [2.24, 2.45) is 17.6 Å². The molecule has 0 bridgehead atoms. The average Bonchev–Trinajstić information content (AvgIpc) is 2.69. The molecule has 1 aliphatic heterocycles. The molecule has 16 heavy (non-hydrogen) atoms. The molecule has 1 heterocycles. The van der Waals surface area contributed by atoms with E-state index >= 15 is 0 Å². The van der Waals surface area contributed by atoms with Crippen LogP contribution in [0.15, 0.2) is 0 Å². The molecule has 1 unspecified atom stereocenters. The first-order valence-corrected chi connectivity index (χ1v) is 6.31. The van der Waals surface area contributed by atoms with Gasteiger partial charge in [0.2, 0.25) is 5.91 Å². The molecule has 1 saturated heterocycles. The van der Waals surface area contributed by atoms with Gasteiger partial charge in [0.25, 0.3) is 0 Å². The van der Waals surface area contributed by atoms with Crippen molar-refractivity contribution in [1.29, 1.82) is 0 Å². The molecule has 0 aromatic carbocycles. The maximum absolute atomic E-state index is 12.2. The van der Waals surface area contributed by atoms with Gasteiger partial charge in [-0.2, -0.15) is 0 Å². The Balaban J connectivity index is 2.10. The molecule has 2 N–H and O–H groups in total. The van der Waals surface area contributed by atoms with E-state index in [-0.39, 0.29) is 11.8 Å². The second-order valence-electron chi connectivity index (χ2n) is 4.97. The van der Waals surface area contributed by atoms with E-state index in [4.69, 9.17) is 5.73 Å². The number of amides is 3. The van der Waals surface area contributed by atoms with Gasteiger partial charge in [0.1, 0.15) is 0 Å². The fourth-order valence-electron chi connectivity index (χ4n) is 3.08. The minimum absolute atomic E-state index is 0.0168. The third kappa shape index (κ3) is 2.20. The molecule has 4 nitrogen and oxygen atoms in total. The van der Waals surface area contributed by atoms with Crippen molar-refractivity contribution in [3.8, 4) is 0 Å². The Bertz CT molecular complexity index is 285. The maximum Gasteiger partial charge on any atom is 0.321 e. The zero-order chi connectivity index (χ0) is 11.5. The first-order valence-electron chi connectivity index (χ1n) is 6.31. The second kappa shape index (κ2) is 4.85. The van der Waals surface area contributed by atoms with Crippen molar-refractivity contribution in [2.75, 3.05) is 6.54 Å². The van der Waals surface area contributed by atoms with E-state index in [0.29, 0.717) is 12.5 Å². The molecule has 2 fully saturated rings. The summed E-state index contributed by atoms with van der Waals surface area (Å²) in [5.41, 5.74) is 5.25. The van der Waals surface area contributed by atoms with Crippen LogP contribution in [0.1, 0.15) is 44.9 Å². The largest absolute Gasteiger partial charge is 0.351 e. The smallest absolute Gasteiger partial charge is 0.321 e. The molecule has 90 valence electrons. The SMILES string of the molecule is NC(=O)N1CCCCC(C2CCCC2)C1=O. The van der Waals surface area contributed by atoms with Gasteiger partial charge in [-0.3, -0.25) is 9.69 Å². The molecule has 1 aliphatic carbocycles. The Morgan fingerprint density at radius 2 is 1.75 bits per heavy atom. The number of carbonyl (C=O) groups is 2. The van der Waals surface area contributed by atoms with Crippen molar-refractivity contribution in [3.05, 3.63) is 0 Å². The van der Waals surface area contributed by atoms with Crippen molar-refractivity contribution in [1.82, 2.24) is 4.90 Å². The van der Waals surface area contributed by atoms with E-state index < -0.39 is 6.03 Å². The van der Waals surface area contributed by atoms with E-state index in [1.807, 2.05) is 0 Å². The van der Waals surface area contributed by atoms with E-state index in [1.165, 1.54) is 17.7 Å². The topological polar surface area (TPSA) is 63.4 Å². The number of hydrogen-bond acceptors (Lipinski definition) is 2. The standard InChI is InChI=1S/C12H20N2O2/c13-12(16)14-8-4-3-7-10(11(14)15)9-5-1-2-6-9/h9-10H,1-8H2,(H2,13,16). The zero-order valence-electron chi connectivity index (χ0n) is 9.65. The number of rotatable bonds is 1. The van der Waals surface area contributed by atoms with Crippen molar-refractivity contribution >= 4 is 11.9 Å². The van der Waals surface area contributed by atoms with Gasteiger partial charge in [-0.25, -0.2) is 4.79 Å². The Hall–Kier alpha value is -1.06. The molecule has 0 aromatic heterocycles. The quantitative estimate of drug-likeness (QED) is 0.739. The lowest BCUT2D eigenvalue weighted by Crippen LogP contribution is -2.44. The van der Waals surface area contributed by atoms with Crippen LogP contribution in [0.25, 0.3) is 0 Å². The summed E-state index contributed by atoms with van der Waals surface area (Å²) in [6, 6.07) is -0.574. The summed E-state index contributed by atoms with van der Waals surface area (Å²) in [7, 11) is 0. The van der Waals surface area contributed by atoms with Crippen LogP contribution in [0.4, 0.5) is 4.79 Å². The van der Waals surface area contributed by atoms with Crippen LogP contribution >= 0.6 is 0 Å². The van der Waals surface area contributed by atoms with Crippen LogP contribution in [0.3, 0.4) is 0 Å². The van der Waals surface area contributed by atoms with Crippen LogP contribution in [0.2, 0.25) is 0 Å². The minimum Gasteiger partial charge on any atom is -0.351 e. The highest BCUT2D eigenvalue weighted by molar-refractivity contribution is 5.95. The summed E-state index contributed by atoms with van der Waals surface area (Å²) in [5, 5.41) is 0. The monoisotopic (exact) mass is 224 g/mol. The van der Waals surface area contributed by atoms with Crippen LogP contribution in [-0.2, 0) is 4.79 Å². The third-order valence-corrected chi connectivity index (χ3v) is 3.96. The highest BCUT2D eigenvalue weighted by Gasteiger charge is 2.36. The molecule has 2 aliphatic rings. The van der Waals surface area contributed by atoms with Crippen molar-refractivity contribution < 1.29 is 9.59 Å². The summed E-state index contributed by atoms with van der Waals surface area (Å²) < 4.78 is 0. The number of primary amides is 1. The predicted octanol–water partition coefficient (Wildman–Crippen LogP) is 1.88. The summed E-state index contributed by atoms with van der Waals surface area (Å²) >= 11 is 0. The number of imide groups is 1. The Kier molecular flexibility index (Phi) is 3.46. The summed E-state index contributed by atoms with van der Waals surface area (Å²) in [6.45, 7) is 0.511. The Labute approximate surface area is 96.2 Å². The van der Waals surface area contributed by atoms with E-state index in [1.54, 1.807) is 0 Å². The molecule has 0 spiro atoms. The molecule has 0 aromatic rings. The maximum atomic E-state index is 12.2. The fraction of sp³-hybridized carbons (Fsp3) is 0.833. The van der Waals surface area contributed by atoms with E-state index in [0.717, 1.165) is 32.1 Å². The normalized spacial score (nSPS) is 28.1. The molecule has 4 heteroatoms. The molecule has 1 atom stereocenters. The lowest BCUT2D eigenvalue weighted by atomic mass is 9.86. The number of nitrogens with two attached hydrogens (primary N) is 1. The minimum atomic E-state index is -0.574. The molecular formula is C12H20N2O2. The first-order chi connectivity index (χ1) is 7.70. The van der Waals surface area contributed by atoms with Crippen molar-refractivity contribution in [2.45, 2.75) is 44.9 Å². The average molecular weight is 224 g/mol. The molecule has 0 radical (unpaired) electrons. The van der Waals surface area contributed by atoms with Gasteiger partial charge < -0.3 is 5.73 Å². The van der Waals surface area contributed by atoms with Gasteiger partial charge in [0.05, 0.1) is 0 Å². The number of hydrogen-bond donors (Lipinski definition) is 1. The number of likely N-dealkylation sites (tertiary alicyclic amines) is 1. The number of carbonyl (C=O) groups excluding carboxylic acids is 2. The van der Waals surface area contributed by atoms with Crippen LogP contribution in [0, 0.1) is 11.8 Å². The summed E-state index contributed by atoms with van der Waals surface area (Å²) in [5.74, 6) is 0.529. The zero-order valence-corrected chi connectivity index (χ0v) is 9.65. The fourth-order valence-corrected chi connectivity index (χ4v) is 3.08. The number of urea groups is 1. The molecule has 2 rings (SSSR count). The van der Waals surface area contributed by atoms with Gasteiger partial charge in [0, 0.05) is 12.5 Å². The van der Waals surface area contributed by atoms with E-state index in [9.17, 15) is 9.59 Å². The molecular weight excluding hydrogens is 204 g/mol. The Morgan fingerprint density at radius 1 is 1.12 bits per heavy atom. The third-order valence-electron chi connectivity index (χ3n) is 3.96. The molecule has 3 amide bonds. The van der Waals surface area contributed by atoms with Crippen LogP contribution < -0.4 is 5.73 Å². The van der Waals surface area contributed by atoms with Gasteiger partial charge >= 0.3 is 6.03 Å². The van der Waals surface area contributed by atoms with Gasteiger partial charge in [0.15, 0.2) is 0 Å². The second-order valence-corrected chi connectivity index (χ2v) is 4.97. The van der Waals surface area contributed by atoms with Crippen molar-refractivity contribution in [3.63, 3.8) is 0 Å². The van der Waals surface area contributed by atoms with Crippen LogP contribution in [-0.4, -0.2) is 23.4 Å². The Morgan fingerprint density at radius 3 is 2.38 bits per heavy atom. The predicted molar refractivity (Wildman–Crippen MR) is 60.6 cm³/mol. The van der Waals surface area contributed by atoms with E-state index in [2.05, 4.69) is 0 Å². The molecule has 1 saturated carbocycles. The van der Waals surface area contributed by atoms with Crippen LogP contribution in [0.5, 0.6) is 0 Å².